The fraction of sp³-hybridized carbons (Fsp3) is 0.235. The van der Waals surface area contributed by atoms with Crippen LogP contribution in [0.1, 0.15) is 22.3 Å². The lowest BCUT2D eigenvalue weighted by atomic mass is 10.0. The fourth-order valence-electron chi connectivity index (χ4n) is 2.02. The van der Waals surface area contributed by atoms with Gasteiger partial charge in [-0.15, -0.1) is 0 Å². The lowest BCUT2D eigenvalue weighted by Gasteiger charge is -2.09. The van der Waals surface area contributed by atoms with Gasteiger partial charge in [0, 0.05) is 13.3 Å². The summed E-state index contributed by atoms with van der Waals surface area (Å²) in [5, 5.41) is 0. The van der Waals surface area contributed by atoms with Crippen molar-refractivity contribution < 1.29 is 4.74 Å². The third-order valence-electron chi connectivity index (χ3n) is 3.13. The number of ether oxygens (including phenoxy) is 1. The van der Waals surface area contributed by atoms with Gasteiger partial charge in [-0.05, 0) is 54.3 Å². The van der Waals surface area contributed by atoms with Crippen molar-refractivity contribution in [2.45, 2.75) is 20.5 Å². The fourth-order valence-corrected chi connectivity index (χ4v) is 2.02. The topological polar surface area (TPSA) is 21.6 Å². The molecule has 2 aromatic rings. The van der Waals surface area contributed by atoms with E-state index in [1.54, 1.807) is 7.11 Å². The molecule has 0 radical (unpaired) electrons. The van der Waals surface area contributed by atoms with Gasteiger partial charge in [-0.1, -0.05) is 24.3 Å². The first-order valence-electron chi connectivity index (χ1n) is 6.39. The molecule has 0 bridgehead atoms. The van der Waals surface area contributed by atoms with Gasteiger partial charge < -0.3 is 4.74 Å². The van der Waals surface area contributed by atoms with E-state index in [-0.39, 0.29) is 0 Å². The Morgan fingerprint density at radius 2 is 1.79 bits per heavy atom. The molecule has 0 saturated heterocycles. The monoisotopic (exact) mass is 253 g/mol. The minimum Gasteiger partial charge on any atom is -0.380 e. The maximum atomic E-state index is 5.22. The molecule has 0 aliphatic carbocycles. The highest BCUT2D eigenvalue weighted by atomic mass is 16.5. The first-order valence-corrected chi connectivity index (χ1v) is 6.39. The minimum atomic E-state index is 0.637. The molecule has 0 N–H and O–H groups in total. The Kier molecular flexibility index (Phi) is 4.48. The average Bonchev–Trinajstić information content (AvgIpc) is 2.42. The number of hydrogen-bond donors (Lipinski definition) is 0. The second-order valence-corrected chi connectivity index (χ2v) is 4.66. The molecule has 0 unspecified atom stereocenters. The maximum Gasteiger partial charge on any atom is 0.0715 e. The second-order valence-electron chi connectivity index (χ2n) is 4.66. The summed E-state index contributed by atoms with van der Waals surface area (Å²) in [5.41, 5.74) is 5.81. The van der Waals surface area contributed by atoms with Crippen LogP contribution in [0.15, 0.2) is 47.5 Å². The zero-order valence-corrected chi connectivity index (χ0v) is 11.7. The average molecular weight is 253 g/mol. The molecule has 0 fully saturated rings. The van der Waals surface area contributed by atoms with Crippen LogP contribution in [-0.2, 0) is 11.3 Å². The van der Waals surface area contributed by atoms with Crippen LogP contribution in [0.25, 0.3) is 0 Å². The molecule has 0 atom stereocenters. The largest absolute Gasteiger partial charge is 0.380 e. The predicted octanol–water partition coefficient (Wildman–Crippen LogP) is 4.20. The number of benzene rings is 2. The van der Waals surface area contributed by atoms with Crippen LogP contribution < -0.4 is 0 Å². The number of rotatable bonds is 4. The third-order valence-corrected chi connectivity index (χ3v) is 3.13. The van der Waals surface area contributed by atoms with Crippen molar-refractivity contribution in [2.24, 2.45) is 4.99 Å². The third kappa shape index (κ3) is 3.52. The Bertz CT molecular complexity index is 573. The first-order chi connectivity index (χ1) is 9.20. The molecule has 0 saturated carbocycles. The van der Waals surface area contributed by atoms with E-state index in [4.69, 9.17) is 4.74 Å². The van der Waals surface area contributed by atoms with E-state index >= 15 is 0 Å². The van der Waals surface area contributed by atoms with E-state index in [1.165, 1.54) is 16.7 Å². The van der Waals surface area contributed by atoms with Crippen molar-refractivity contribution in [1.29, 1.82) is 0 Å². The molecule has 0 aromatic heterocycles. The molecule has 2 nitrogen and oxygen atoms in total. The Morgan fingerprint density at radius 3 is 2.47 bits per heavy atom. The van der Waals surface area contributed by atoms with E-state index < -0.39 is 0 Å². The van der Waals surface area contributed by atoms with Gasteiger partial charge in [0.05, 0.1) is 12.3 Å². The zero-order chi connectivity index (χ0) is 13.7. The van der Waals surface area contributed by atoms with Crippen LogP contribution in [-0.4, -0.2) is 13.3 Å². The summed E-state index contributed by atoms with van der Waals surface area (Å²) in [6, 6.07) is 14.3. The van der Waals surface area contributed by atoms with Gasteiger partial charge in [0.1, 0.15) is 0 Å². The highest BCUT2D eigenvalue weighted by Crippen LogP contribution is 2.17. The van der Waals surface area contributed by atoms with Gasteiger partial charge in [0.25, 0.3) is 0 Å². The molecule has 0 amide bonds. The van der Waals surface area contributed by atoms with Crippen molar-refractivity contribution in [3.05, 3.63) is 64.7 Å². The van der Waals surface area contributed by atoms with Gasteiger partial charge in [-0.3, -0.25) is 4.99 Å². The molecule has 2 heteroatoms. The maximum absolute atomic E-state index is 5.22. The van der Waals surface area contributed by atoms with Gasteiger partial charge >= 0.3 is 0 Å². The molecule has 0 aliphatic heterocycles. The number of aliphatic imine (C=N–C) groups is 1. The van der Waals surface area contributed by atoms with Crippen LogP contribution in [0.2, 0.25) is 0 Å². The number of nitrogens with zero attached hydrogens (tertiary/aromatic N) is 1. The van der Waals surface area contributed by atoms with E-state index in [0.717, 1.165) is 11.3 Å². The first kappa shape index (κ1) is 13.5. The van der Waals surface area contributed by atoms with Gasteiger partial charge in [-0.2, -0.15) is 0 Å². The highest BCUT2D eigenvalue weighted by molar-refractivity contribution is 5.84. The number of para-hydroxylation sites is 1. The highest BCUT2D eigenvalue weighted by Gasteiger charge is 2.03. The molecule has 0 aliphatic rings. The van der Waals surface area contributed by atoms with Crippen molar-refractivity contribution >= 4 is 11.9 Å². The summed E-state index contributed by atoms with van der Waals surface area (Å²) < 4.78 is 5.22. The minimum absolute atomic E-state index is 0.637. The Hall–Kier alpha value is -1.93. The molecule has 2 aromatic carbocycles. The number of aryl methyl sites for hydroxylation is 2. The molecule has 98 valence electrons. The van der Waals surface area contributed by atoms with E-state index in [1.807, 2.05) is 36.5 Å². The van der Waals surface area contributed by atoms with Crippen LogP contribution in [0.3, 0.4) is 0 Å². The predicted molar refractivity (Wildman–Crippen MR) is 80.3 cm³/mol. The number of hydrogen-bond acceptors (Lipinski definition) is 2. The van der Waals surface area contributed by atoms with Crippen LogP contribution >= 0.6 is 0 Å². The van der Waals surface area contributed by atoms with Crippen molar-refractivity contribution in [1.82, 2.24) is 0 Å². The quantitative estimate of drug-likeness (QED) is 0.748. The Morgan fingerprint density at radius 1 is 1.05 bits per heavy atom. The summed E-state index contributed by atoms with van der Waals surface area (Å²) in [6.07, 6.45) is 1.92. The molecule has 2 rings (SSSR count). The summed E-state index contributed by atoms with van der Waals surface area (Å²) >= 11 is 0. The SMILES string of the molecule is COCc1cc(/C=N/c2ccccc2)c(C)cc1C. The van der Waals surface area contributed by atoms with E-state index in [2.05, 4.69) is 31.0 Å². The summed E-state index contributed by atoms with van der Waals surface area (Å²) in [4.78, 5) is 4.50. The van der Waals surface area contributed by atoms with E-state index in [9.17, 15) is 0 Å². The second kappa shape index (κ2) is 6.30. The smallest absolute Gasteiger partial charge is 0.0715 e. The van der Waals surface area contributed by atoms with Crippen molar-refractivity contribution in [3.8, 4) is 0 Å². The van der Waals surface area contributed by atoms with Gasteiger partial charge in [0.2, 0.25) is 0 Å². The van der Waals surface area contributed by atoms with Crippen molar-refractivity contribution in [2.75, 3.05) is 7.11 Å². The van der Waals surface area contributed by atoms with E-state index in [0.29, 0.717) is 6.61 Å². The molecule has 19 heavy (non-hydrogen) atoms. The van der Waals surface area contributed by atoms with Crippen molar-refractivity contribution in [3.63, 3.8) is 0 Å². The molecule has 0 heterocycles. The van der Waals surface area contributed by atoms with Crippen LogP contribution in [0.5, 0.6) is 0 Å². The van der Waals surface area contributed by atoms with Gasteiger partial charge in [0.15, 0.2) is 0 Å². The summed E-state index contributed by atoms with van der Waals surface area (Å²) in [7, 11) is 1.72. The van der Waals surface area contributed by atoms with Crippen LogP contribution in [0, 0.1) is 13.8 Å². The lowest BCUT2D eigenvalue weighted by Crippen LogP contribution is -1.97. The molecule has 0 spiro atoms. The summed E-state index contributed by atoms with van der Waals surface area (Å²) in [6.45, 7) is 4.85. The molecular weight excluding hydrogens is 234 g/mol. The Balaban J connectivity index is 2.29. The van der Waals surface area contributed by atoms with Crippen LogP contribution in [0.4, 0.5) is 5.69 Å². The Labute approximate surface area is 114 Å². The standard InChI is InChI=1S/C17H19NO/c1-13-9-14(2)16(12-19-3)10-15(13)11-18-17-7-5-4-6-8-17/h4-11H,12H2,1-3H3/b18-11+. The normalized spacial score (nSPS) is 11.1. The summed E-state index contributed by atoms with van der Waals surface area (Å²) in [5.74, 6) is 0. The zero-order valence-electron chi connectivity index (χ0n) is 11.7. The number of methoxy groups -OCH3 is 1. The lowest BCUT2D eigenvalue weighted by molar-refractivity contribution is 0.184. The molecular formula is C17H19NO. The van der Waals surface area contributed by atoms with Gasteiger partial charge in [-0.25, -0.2) is 0 Å².